The van der Waals surface area contributed by atoms with Crippen molar-refractivity contribution in [2.75, 3.05) is 13.1 Å². The highest BCUT2D eigenvalue weighted by Gasteiger charge is 2.58. The Morgan fingerprint density at radius 1 is 1.50 bits per heavy atom. The lowest BCUT2D eigenvalue weighted by atomic mass is 9.72. The minimum Gasteiger partial charge on any atom is -0.480 e. The van der Waals surface area contributed by atoms with Crippen molar-refractivity contribution in [1.29, 1.82) is 0 Å². The van der Waals surface area contributed by atoms with Crippen LogP contribution in [0.15, 0.2) is 0 Å². The molecular formula is C13H24BN3O5. The minimum atomic E-state index is -1.39. The molecule has 2 aliphatic rings. The third-order valence-electron chi connectivity index (χ3n) is 4.90. The SMILES string of the molecule is CC(N)C(=O)N1CCC2(C(=O)O)NCC1C2CCCB(O)O. The van der Waals surface area contributed by atoms with Gasteiger partial charge in [0.2, 0.25) is 5.91 Å². The molecule has 8 nitrogen and oxygen atoms in total. The van der Waals surface area contributed by atoms with Crippen molar-refractivity contribution >= 4 is 19.0 Å². The topological polar surface area (TPSA) is 136 Å². The van der Waals surface area contributed by atoms with E-state index in [1.54, 1.807) is 11.8 Å². The summed E-state index contributed by atoms with van der Waals surface area (Å²) in [5, 5.41) is 30.6. The summed E-state index contributed by atoms with van der Waals surface area (Å²) in [4.78, 5) is 25.7. The summed E-state index contributed by atoms with van der Waals surface area (Å²) in [5.74, 6) is -1.32. The first kappa shape index (κ1) is 17.2. The van der Waals surface area contributed by atoms with Crippen LogP contribution in [0.3, 0.4) is 0 Å². The highest BCUT2D eigenvalue weighted by molar-refractivity contribution is 6.40. The lowest BCUT2D eigenvalue weighted by Crippen LogP contribution is -2.61. The van der Waals surface area contributed by atoms with E-state index in [4.69, 9.17) is 15.8 Å². The van der Waals surface area contributed by atoms with E-state index in [0.29, 0.717) is 32.4 Å². The van der Waals surface area contributed by atoms with E-state index < -0.39 is 24.7 Å². The predicted molar refractivity (Wildman–Crippen MR) is 79.9 cm³/mol. The molecule has 9 heteroatoms. The molecule has 2 aliphatic heterocycles. The average Bonchev–Trinajstić information content (AvgIpc) is 2.67. The molecule has 4 unspecified atom stereocenters. The number of carboxylic acids is 1. The molecule has 0 aromatic heterocycles. The fourth-order valence-electron chi connectivity index (χ4n) is 3.79. The van der Waals surface area contributed by atoms with Crippen molar-refractivity contribution in [2.45, 2.75) is 50.1 Å². The van der Waals surface area contributed by atoms with Crippen LogP contribution in [0.5, 0.6) is 0 Å². The summed E-state index contributed by atoms with van der Waals surface area (Å²) >= 11 is 0. The van der Waals surface area contributed by atoms with E-state index >= 15 is 0 Å². The Kier molecular flexibility index (Phi) is 5.11. The van der Waals surface area contributed by atoms with Crippen molar-refractivity contribution in [3.05, 3.63) is 0 Å². The second-order valence-electron chi connectivity index (χ2n) is 6.31. The first-order valence-corrected chi connectivity index (χ1v) is 7.70. The number of fused-ring (bicyclic) bond motifs is 2. The first-order valence-electron chi connectivity index (χ1n) is 7.70. The number of hydrogen-bond donors (Lipinski definition) is 5. The summed E-state index contributed by atoms with van der Waals surface area (Å²) in [5.41, 5.74) is 4.65. The fourth-order valence-corrected chi connectivity index (χ4v) is 3.79. The number of nitrogens with one attached hydrogen (secondary N) is 1. The van der Waals surface area contributed by atoms with Gasteiger partial charge in [-0.25, -0.2) is 0 Å². The van der Waals surface area contributed by atoms with E-state index in [1.807, 2.05) is 0 Å². The van der Waals surface area contributed by atoms with Crippen LogP contribution >= 0.6 is 0 Å². The quantitative estimate of drug-likeness (QED) is 0.366. The van der Waals surface area contributed by atoms with Gasteiger partial charge in [0.25, 0.3) is 0 Å². The standard InChI is InChI=1S/C13H24BN3O5/c1-8(15)11(18)17-6-4-13(12(19)20)9(10(17)7-16-13)3-2-5-14(21)22/h8-10,16,21-22H,2-7,15H2,1H3,(H,19,20). The Labute approximate surface area is 129 Å². The number of aliphatic carboxylic acids is 1. The first-order chi connectivity index (χ1) is 10.3. The Morgan fingerprint density at radius 2 is 2.18 bits per heavy atom. The van der Waals surface area contributed by atoms with Crippen LogP contribution in [0.4, 0.5) is 0 Å². The highest BCUT2D eigenvalue weighted by atomic mass is 16.4. The molecule has 6 N–H and O–H groups in total. The molecule has 0 spiro atoms. The largest absolute Gasteiger partial charge is 0.480 e. The zero-order valence-electron chi connectivity index (χ0n) is 12.7. The van der Waals surface area contributed by atoms with Crippen molar-refractivity contribution in [1.82, 2.24) is 10.2 Å². The number of carbonyl (C=O) groups is 2. The lowest BCUT2D eigenvalue weighted by Gasteiger charge is -2.44. The molecule has 2 fully saturated rings. The zero-order valence-corrected chi connectivity index (χ0v) is 12.7. The van der Waals surface area contributed by atoms with Crippen LogP contribution < -0.4 is 11.1 Å². The molecule has 0 radical (unpaired) electrons. The Hall–Kier alpha value is -1.16. The van der Waals surface area contributed by atoms with E-state index in [-0.39, 0.29) is 24.2 Å². The molecule has 124 valence electrons. The number of nitrogens with two attached hydrogens (primary N) is 1. The van der Waals surface area contributed by atoms with Crippen molar-refractivity contribution in [2.24, 2.45) is 11.7 Å². The number of piperidine rings is 1. The summed E-state index contributed by atoms with van der Waals surface area (Å²) in [6.45, 7) is 2.43. The number of carbonyl (C=O) groups excluding carboxylic acids is 1. The molecule has 0 aliphatic carbocycles. The molecule has 0 aromatic rings. The molecule has 2 rings (SSSR count). The van der Waals surface area contributed by atoms with Gasteiger partial charge in [-0.1, -0.05) is 6.42 Å². The van der Waals surface area contributed by atoms with Crippen molar-refractivity contribution in [3.8, 4) is 0 Å². The lowest BCUT2D eigenvalue weighted by molar-refractivity contribution is -0.152. The van der Waals surface area contributed by atoms with Crippen LogP contribution in [-0.2, 0) is 9.59 Å². The predicted octanol–water partition coefficient (Wildman–Crippen LogP) is -1.77. The Balaban J connectivity index is 2.17. The summed E-state index contributed by atoms with van der Waals surface area (Å²) in [6.07, 6.45) is 1.55. The molecule has 4 atom stereocenters. The normalized spacial score (nSPS) is 31.9. The van der Waals surface area contributed by atoms with Gasteiger partial charge in [-0.2, -0.15) is 0 Å². The number of rotatable bonds is 6. The molecule has 0 saturated carbocycles. The molecule has 0 aromatic carbocycles. The van der Waals surface area contributed by atoms with Gasteiger partial charge in [-0.15, -0.1) is 0 Å². The monoisotopic (exact) mass is 313 g/mol. The third-order valence-corrected chi connectivity index (χ3v) is 4.90. The smallest absolute Gasteiger partial charge is 0.451 e. The second kappa shape index (κ2) is 6.53. The van der Waals surface area contributed by atoms with Gasteiger partial charge in [-0.05, 0) is 26.1 Å². The third kappa shape index (κ3) is 2.98. The molecular weight excluding hydrogens is 289 g/mol. The van der Waals surface area contributed by atoms with E-state index in [1.165, 1.54) is 0 Å². The maximum atomic E-state index is 12.2. The van der Waals surface area contributed by atoms with Gasteiger partial charge in [0, 0.05) is 25.0 Å². The maximum Gasteiger partial charge on any atom is 0.451 e. The van der Waals surface area contributed by atoms with Gasteiger partial charge < -0.3 is 25.8 Å². The maximum absolute atomic E-state index is 12.2. The van der Waals surface area contributed by atoms with Crippen molar-refractivity contribution in [3.63, 3.8) is 0 Å². The number of nitrogens with zero attached hydrogens (tertiary/aromatic N) is 1. The van der Waals surface area contributed by atoms with E-state index in [0.717, 1.165) is 0 Å². The van der Waals surface area contributed by atoms with Crippen LogP contribution in [0.1, 0.15) is 26.2 Å². The highest BCUT2D eigenvalue weighted by Crippen LogP contribution is 2.41. The number of carboxylic acid groups (broad SMARTS) is 1. The van der Waals surface area contributed by atoms with Gasteiger partial charge in [0.15, 0.2) is 0 Å². The summed E-state index contributed by atoms with van der Waals surface area (Å²) in [6, 6.07) is -0.822. The Morgan fingerprint density at radius 3 is 2.73 bits per heavy atom. The van der Waals surface area contributed by atoms with Crippen LogP contribution in [0.2, 0.25) is 6.32 Å². The van der Waals surface area contributed by atoms with Gasteiger partial charge in [0.05, 0.1) is 6.04 Å². The number of hydrogen-bond acceptors (Lipinski definition) is 6. The van der Waals surface area contributed by atoms with Gasteiger partial charge >= 0.3 is 13.1 Å². The van der Waals surface area contributed by atoms with Crippen LogP contribution in [0, 0.1) is 5.92 Å². The fraction of sp³-hybridized carbons (Fsp3) is 0.846. The number of amides is 1. The van der Waals surface area contributed by atoms with Crippen LogP contribution in [0.25, 0.3) is 0 Å². The van der Waals surface area contributed by atoms with E-state index in [9.17, 15) is 14.7 Å². The molecule has 2 bridgehead atoms. The minimum absolute atomic E-state index is 0.167. The summed E-state index contributed by atoms with van der Waals surface area (Å²) in [7, 11) is -1.39. The summed E-state index contributed by atoms with van der Waals surface area (Å²) < 4.78 is 0. The van der Waals surface area contributed by atoms with Crippen molar-refractivity contribution < 1.29 is 24.7 Å². The van der Waals surface area contributed by atoms with E-state index in [2.05, 4.69) is 5.32 Å². The number of likely N-dealkylation sites (tertiary alicyclic amines) is 1. The molecule has 22 heavy (non-hydrogen) atoms. The average molecular weight is 313 g/mol. The Bertz CT molecular complexity index is 447. The molecule has 1 amide bonds. The molecule has 2 heterocycles. The van der Waals surface area contributed by atoms with Gasteiger partial charge in [0.1, 0.15) is 5.54 Å². The van der Waals surface area contributed by atoms with Gasteiger partial charge in [-0.3, -0.25) is 14.9 Å². The zero-order chi connectivity index (χ0) is 16.5. The van der Waals surface area contributed by atoms with Crippen LogP contribution in [-0.4, -0.2) is 69.8 Å². The molecule has 2 saturated heterocycles. The second-order valence-corrected chi connectivity index (χ2v) is 6.31.